The van der Waals surface area contributed by atoms with Gasteiger partial charge in [-0.3, -0.25) is 0 Å². The van der Waals surface area contributed by atoms with Crippen molar-refractivity contribution < 1.29 is 4.74 Å². The number of aromatic nitrogens is 1. The van der Waals surface area contributed by atoms with Gasteiger partial charge in [-0.2, -0.15) is 0 Å². The molecule has 0 spiro atoms. The van der Waals surface area contributed by atoms with Crippen LogP contribution in [-0.4, -0.2) is 35.9 Å². The molecule has 0 saturated heterocycles. The molecule has 2 rings (SSSR count). The smallest absolute Gasteiger partial charge is 0.228 e. The molecule has 4 nitrogen and oxygen atoms in total. The van der Waals surface area contributed by atoms with E-state index in [1.165, 1.54) is 0 Å². The molecule has 0 bridgehead atoms. The van der Waals surface area contributed by atoms with Gasteiger partial charge in [-0.15, -0.1) is 0 Å². The first-order valence-electron chi connectivity index (χ1n) is 6.83. The normalized spacial score (nSPS) is 15.2. The Morgan fingerprint density at radius 3 is 2.85 bits per heavy atom. The Labute approximate surface area is 128 Å². The van der Waals surface area contributed by atoms with Crippen LogP contribution in [0.25, 0.3) is 0 Å². The summed E-state index contributed by atoms with van der Waals surface area (Å²) < 4.78 is 6.75. The van der Waals surface area contributed by atoms with E-state index in [0.717, 1.165) is 35.2 Å². The fourth-order valence-electron chi connectivity index (χ4n) is 1.85. The summed E-state index contributed by atoms with van der Waals surface area (Å²) >= 11 is 3.52. The van der Waals surface area contributed by atoms with E-state index >= 15 is 0 Å². The first-order chi connectivity index (χ1) is 9.60. The highest BCUT2D eigenvalue weighted by molar-refractivity contribution is 9.10. The van der Waals surface area contributed by atoms with Gasteiger partial charge in [0.25, 0.3) is 0 Å². The monoisotopic (exact) mass is 337 g/mol. The number of pyridine rings is 1. The molecular formula is C15H20BrN3O. The summed E-state index contributed by atoms with van der Waals surface area (Å²) in [6.45, 7) is 4.96. The van der Waals surface area contributed by atoms with Gasteiger partial charge < -0.3 is 9.64 Å². The molecule has 1 aromatic heterocycles. The largest absolute Gasteiger partial charge is 0.473 e. The molecule has 0 radical (unpaired) electrons. The molecule has 0 aromatic carbocycles. The van der Waals surface area contributed by atoms with Gasteiger partial charge in [-0.05, 0) is 35.8 Å². The third-order valence-corrected chi connectivity index (χ3v) is 3.81. The van der Waals surface area contributed by atoms with Crippen LogP contribution in [0.5, 0.6) is 5.88 Å². The quantitative estimate of drug-likeness (QED) is 0.465. The van der Waals surface area contributed by atoms with Gasteiger partial charge >= 0.3 is 0 Å². The highest BCUT2D eigenvalue weighted by Gasteiger charge is 2.15. The van der Waals surface area contributed by atoms with E-state index in [1.807, 2.05) is 31.3 Å². The van der Waals surface area contributed by atoms with Gasteiger partial charge in [0.15, 0.2) is 0 Å². The molecular weight excluding hydrogens is 318 g/mol. The second-order valence-corrected chi connectivity index (χ2v) is 5.73. The zero-order valence-corrected chi connectivity index (χ0v) is 13.7. The molecule has 1 aromatic rings. The minimum absolute atomic E-state index is 0.207. The maximum atomic E-state index is 5.91. The number of rotatable bonds is 5. The maximum Gasteiger partial charge on any atom is 0.228 e. The van der Waals surface area contributed by atoms with E-state index in [1.54, 1.807) is 0 Å². The predicted molar refractivity (Wildman–Crippen MR) is 85.9 cm³/mol. The second kappa shape index (κ2) is 6.88. The average molecular weight is 338 g/mol. The second-order valence-electron chi connectivity index (χ2n) is 4.88. The van der Waals surface area contributed by atoms with Crippen LogP contribution in [0.2, 0.25) is 0 Å². The molecule has 1 heterocycles. The van der Waals surface area contributed by atoms with Gasteiger partial charge in [0.2, 0.25) is 5.88 Å². The van der Waals surface area contributed by atoms with Gasteiger partial charge in [0.1, 0.15) is 6.10 Å². The van der Waals surface area contributed by atoms with Gasteiger partial charge in [-0.1, -0.05) is 12.2 Å². The summed E-state index contributed by atoms with van der Waals surface area (Å²) in [7, 11) is 1.99. The summed E-state index contributed by atoms with van der Waals surface area (Å²) in [5.74, 6) is 0.652. The highest BCUT2D eigenvalue weighted by Crippen LogP contribution is 2.31. The molecule has 1 aliphatic rings. The summed E-state index contributed by atoms with van der Waals surface area (Å²) in [6.07, 6.45) is 8.22. The number of hydrogen-bond donors (Lipinski definition) is 0. The molecule has 0 unspecified atom stereocenters. The Bertz CT molecular complexity index is 520. The molecule has 1 aliphatic carbocycles. The minimum Gasteiger partial charge on any atom is -0.473 e. The fraction of sp³-hybridized carbons (Fsp3) is 0.467. The standard InChI is InChI=1S/C15H20BrN3O/c1-4-19(3)10-17-14-9-13(16)15(18-11(14)2)20-12-7-5-6-8-12/h5-6,9-10,12H,4,7-8H2,1-3H3/b17-10+. The van der Waals surface area contributed by atoms with Crippen molar-refractivity contribution in [3.8, 4) is 5.88 Å². The Hall–Kier alpha value is -1.36. The Kier molecular flexibility index (Phi) is 5.17. The highest BCUT2D eigenvalue weighted by atomic mass is 79.9. The molecule has 0 N–H and O–H groups in total. The lowest BCUT2D eigenvalue weighted by Gasteiger charge is -2.15. The molecule has 0 fully saturated rings. The molecule has 20 heavy (non-hydrogen) atoms. The lowest BCUT2D eigenvalue weighted by atomic mass is 10.3. The zero-order chi connectivity index (χ0) is 14.5. The predicted octanol–water partition coefficient (Wildman–Crippen LogP) is 3.86. The summed E-state index contributed by atoms with van der Waals surface area (Å²) in [5, 5.41) is 0. The van der Waals surface area contributed by atoms with Gasteiger partial charge in [0, 0.05) is 26.4 Å². The molecule has 0 atom stereocenters. The third kappa shape index (κ3) is 3.82. The van der Waals surface area contributed by atoms with Crippen LogP contribution in [0.1, 0.15) is 25.5 Å². The Morgan fingerprint density at radius 1 is 1.50 bits per heavy atom. The lowest BCUT2D eigenvalue weighted by Crippen LogP contribution is -2.14. The van der Waals surface area contributed by atoms with Crippen molar-refractivity contribution in [2.45, 2.75) is 32.8 Å². The SMILES string of the molecule is CCN(C)/C=N/c1cc(Br)c(OC2CC=CC2)nc1C. The van der Waals surface area contributed by atoms with E-state index in [0.29, 0.717) is 5.88 Å². The zero-order valence-electron chi connectivity index (χ0n) is 12.1. The van der Waals surface area contributed by atoms with E-state index in [9.17, 15) is 0 Å². The Balaban J connectivity index is 2.13. The van der Waals surface area contributed by atoms with Crippen molar-refractivity contribution in [3.63, 3.8) is 0 Å². The number of aliphatic imine (C=N–C) groups is 1. The fourth-order valence-corrected chi connectivity index (χ4v) is 2.25. The van der Waals surface area contributed by atoms with Crippen molar-refractivity contribution in [2.75, 3.05) is 13.6 Å². The van der Waals surface area contributed by atoms with E-state index in [-0.39, 0.29) is 6.10 Å². The first-order valence-corrected chi connectivity index (χ1v) is 7.62. The minimum atomic E-state index is 0.207. The summed E-state index contributed by atoms with van der Waals surface area (Å²) in [6, 6.07) is 1.96. The van der Waals surface area contributed by atoms with Crippen LogP contribution >= 0.6 is 15.9 Å². The number of aryl methyl sites for hydroxylation is 1. The van der Waals surface area contributed by atoms with Crippen molar-refractivity contribution in [3.05, 3.63) is 28.4 Å². The molecule has 0 amide bonds. The van der Waals surface area contributed by atoms with Crippen LogP contribution in [0.3, 0.4) is 0 Å². The van der Waals surface area contributed by atoms with Gasteiger partial charge in [0.05, 0.1) is 22.2 Å². The lowest BCUT2D eigenvalue weighted by molar-refractivity contribution is 0.206. The van der Waals surface area contributed by atoms with E-state index < -0.39 is 0 Å². The Morgan fingerprint density at radius 2 is 2.20 bits per heavy atom. The topological polar surface area (TPSA) is 37.7 Å². The molecule has 0 saturated carbocycles. The molecule has 0 aliphatic heterocycles. The molecule has 108 valence electrons. The number of ether oxygens (including phenoxy) is 1. The summed E-state index contributed by atoms with van der Waals surface area (Å²) in [5.41, 5.74) is 1.73. The number of hydrogen-bond acceptors (Lipinski definition) is 3. The maximum absolute atomic E-state index is 5.91. The van der Waals surface area contributed by atoms with Crippen molar-refractivity contribution >= 4 is 28.0 Å². The van der Waals surface area contributed by atoms with Crippen molar-refractivity contribution in [1.29, 1.82) is 0 Å². The van der Waals surface area contributed by atoms with Crippen LogP contribution in [0.4, 0.5) is 5.69 Å². The number of nitrogens with zero attached hydrogens (tertiary/aromatic N) is 3. The van der Waals surface area contributed by atoms with Crippen molar-refractivity contribution in [1.82, 2.24) is 9.88 Å². The van der Waals surface area contributed by atoms with Crippen LogP contribution in [-0.2, 0) is 0 Å². The average Bonchev–Trinajstić information content (AvgIpc) is 2.93. The van der Waals surface area contributed by atoms with Crippen LogP contribution in [0, 0.1) is 6.92 Å². The molecule has 5 heteroatoms. The summed E-state index contributed by atoms with van der Waals surface area (Å²) in [4.78, 5) is 11.0. The third-order valence-electron chi connectivity index (χ3n) is 3.24. The van der Waals surface area contributed by atoms with Gasteiger partial charge in [-0.25, -0.2) is 9.98 Å². The number of halogens is 1. The van der Waals surface area contributed by atoms with Crippen LogP contribution in [0.15, 0.2) is 27.7 Å². The van der Waals surface area contributed by atoms with Crippen LogP contribution < -0.4 is 4.74 Å². The van der Waals surface area contributed by atoms with Crippen molar-refractivity contribution in [2.24, 2.45) is 4.99 Å². The van der Waals surface area contributed by atoms with E-state index in [4.69, 9.17) is 4.74 Å². The van der Waals surface area contributed by atoms with E-state index in [2.05, 4.69) is 45.0 Å². The first kappa shape index (κ1) is 15.0.